The molecule has 8 heteroatoms. The first kappa shape index (κ1) is 23.1. The van der Waals surface area contributed by atoms with Crippen molar-refractivity contribution >= 4 is 26.3 Å². The number of nitriles is 1. The van der Waals surface area contributed by atoms with Crippen molar-refractivity contribution in [1.82, 2.24) is 9.55 Å². The Bertz CT molecular complexity index is 1400. The molecule has 174 valence electrons. The molecule has 1 aliphatic carbocycles. The SMILES string of the molecule is Cn1cc(-c2cc(S(=N)(=O)C(C)(C)C#N)ccc2N[C@H]2CC[C@H](C)CC2)c2cc[nH]c2c1=O. The third kappa shape index (κ3) is 4.06. The van der Waals surface area contributed by atoms with Gasteiger partial charge in [0, 0.05) is 52.6 Å². The summed E-state index contributed by atoms with van der Waals surface area (Å²) in [5.74, 6) is 0.731. The van der Waals surface area contributed by atoms with Gasteiger partial charge in [0.2, 0.25) is 0 Å². The molecule has 1 unspecified atom stereocenters. The lowest BCUT2D eigenvalue weighted by Gasteiger charge is -2.29. The summed E-state index contributed by atoms with van der Waals surface area (Å²) in [5, 5.41) is 14.0. The van der Waals surface area contributed by atoms with E-state index in [1.807, 2.05) is 18.2 Å². The van der Waals surface area contributed by atoms with Gasteiger partial charge in [-0.05, 0) is 69.7 Å². The van der Waals surface area contributed by atoms with Crippen molar-refractivity contribution in [3.8, 4) is 17.2 Å². The van der Waals surface area contributed by atoms with Crippen molar-refractivity contribution in [1.29, 1.82) is 10.0 Å². The molecule has 4 rings (SSSR count). The summed E-state index contributed by atoms with van der Waals surface area (Å²) in [6.45, 7) is 5.35. The quantitative estimate of drug-likeness (QED) is 0.478. The average molecular weight is 466 g/mol. The zero-order valence-electron chi connectivity index (χ0n) is 19.6. The van der Waals surface area contributed by atoms with Gasteiger partial charge in [-0.15, -0.1) is 0 Å². The maximum absolute atomic E-state index is 13.5. The molecule has 7 nitrogen and oxygen atoms in total. The fraction of sp³-hybridized carbons (Fsp3) is 0.440. The van der Waals surface area contributed by atoms with Crippen LogP contribution >= 0.6 is 0 Å². The topological polar surface area (TPSA) is 115 Å². The largest absolute Gasteiger partial charge is 0.382 e. The van der Waals surface area contributed by atoms with Crippen LogP contribution < -0.4 is 10.9 Å². The summed E-state index contributed by atoms with van der Waals surface area (Å²) in [4.78, 5) is 15.9. The maximum Gasteiger partial charge on any atom is 0.274 e. The number of anilines is 1. The van der Waals surface area contributed by atoms with Gasteiger partial charge in [-0.1, -0.05) is 6.92 Å². The minimum atomic E-state index is -3.40. The fourth-order valence-corrected chi connectivity index (χ4v) is 5.78. The normalized spacial score (nSPS) is 20.8. The van der Waals surface area contributed by atoms with E-state index in [2.05, 4.69) is 17.2 Å². The molecule has 0 radical (unpaired) electrons. The second-order valence-corrected chi connectivity index (χ2v) is 12.3. The highest BCUT2D eigenvalue weighted by Crippen LogP contribution is 2.38. The number of benzene rings is 1. The molecule has 1 aromatic carbocycles. The van der Waals surface area contributed by atoms with Crippen molar-refractivity contribution in [3.05, 3.63) is 47.0 Å². The standard InChI is InChI=1S/C25H31N5O2S/c1-16-5-7-17(8-6-16)29-22-10-9-18(33(27,32)25(2,3)15-26)13-20(22)21-14-30(4)24(31)23-19(21)11-12-28-23/h9-14,16-17,27-29H,5-8H2,1-4H3/t16-,17-,33?. The molecule has 33 heavy (non-hydrogen) atoms. The van der Waals surface area contributed by atoms with Crippen LogP contribution in [-0.2, 0) is 16.8 Å². The molecule has 0 aliphatic heterocycles. The first-order valence-electron chi connectivity index (χ1n) is 11.3. The number of nitrogens with one attached hydrogen (secondary N) is 3. The Morgan fingerprint density at radius 2 is 1.91 bits per heavy atom. The summed E-state index contributed by atoms with van der Waals surface area (Å²) in [5.41, 5.74) is 2.85. The number of fused-ring (bicyclic) bond motifs is 1. The van der Waals surface area contributed by atoms with Crippen LogP contribution in [0.1, 0.15) is 46.5 Å². The zero-order valence-corrected chi connectivity index (χ0v) is 20.4. The summed E-state index contributed by atoms with van der Waals surface area (Å²) in [6.07, 6.45) is 8.01. The smallest absolute Gasteiger partial charge is 0.274 e. The van der Waals surface area contributed by atoms with E-state index in [9.17, 15) is 14.3 Å². The monoisotopic (exact) mass is 465 g/mol. The molecule has 0 spiro atoms. The summed E-state index contributed by atoms with van der Waals surface area (Å²) >= 11 is 0. The summed E-state index contributed by atoms with van der Waals surface area (Å²) in [7, 11) is -1.69. The molecule has 0 bridgehead atoms. The van der Waals surface area contributed by atoms with E-state index in [4.69, 9.17) is 4.78 Å². The number of aromatic nitrogens is 2. The van der Waals surface area contributed by atoms with Gasteiger partial charge in [-0.2, -0.15) is 5.26 Å². The highest BCUT2D eigenvalue weighted by atomic mass is 32.2. The molecule has 1 fully saturated rings. The van der Waals surface area contributed by atoms with Gasteiger partial charge in [0.15, 0.2) is 0 Å². The Balaban J connectivity index is 1.91. The van der Waals surface area contributed by atoms with Gasteiger partial charge in [0.25, 0.3) is 5.56 Å². The number of hydrogen-bond donors (Lipinski definition) is 3. The predicted octanol–water partition coefficient (Wildman–Crippen LogP) is 5.23. The average Bonchev–Trinajstić information content (AvgIpc) is 3.28. The van der Waals surface area contributed by atoms with Crippen LogP contribution in [0.15, 0.2) is 46.3 Å². The lowest BCUT2D eigenvalue weighted by Crippen LogP contribution is -2.29. The number of hydrogen-bond acceptors (Lipinski definition) is 5. The zero-order chi connectivity index (χ0) is 24.0. The van der Waals surface area contributed by atoms with Gasteiger partial charge >= 0.3 is 0 Å². The highest BCUT2D eigenvalue weighted by molar-refractivity contribution is 7.94. The molecule has 2 aromatic heterocycles. The molecule has 0 saturated heterocycles. The molecule has 1 aliphatic rings. The molecule has 1 saturated carbocycles. The van der Waals surface area contributed by atoms with Crippen molar-refractivity contribution < 1.29 is 4.21 Å². The molecule has 3 aromatic rings. The second kappa shape index (κ2) is 8.38. The van der Waals surface area contributed by atoms with Crippen LogP contribution in [0.4, 0.5) is 5.69 Å². The van der Waals surface area contributed by atoms with Crippen LogP contribution in [-0.4, -0.2) is 24.5 Å². The van der Waals surface area contributed by atoms with E-state index in [0.717, 1.165) is 41.0 Å². The highest BCUT2D eigenvalue weighted by Gasteiger charge is 2.33. The first-order valence-corrected chi connectivity index (χ1v) is 12.9. The van der Waals surface area contributed by atoms with Crippen LogP contribution in [0.5, 0.6) is 0 Å². The number of pyridine rings is 1. The lowest BCUT2D eigenvalue weighted by atomic mass is 9.87. The molecular formula is C25H31N5O2S. The Kier molecular flexibility index (Phi) is 5.87. The Morgan fingerprint density at radius 1 is 1.21 bits per heavy atom. The van der Waals surface area contributed by atoms with Gasteiger partial charge in [0.1, 0.15) is 10.3 Å². The molecule has 3 N–H and O–H groups in total. The Morgan fingerprint density at radius 3 is 2.58 bits per heavy atom. The van der Waals surface area contributed by atoms with Crippen molar-refractivity contribution in [3.63, 3.8) is 0 Å². The molecular weight excluding hydrogens is 434 g/mol. The number of rotatable bonds is 5. The predicted molar refractivity (Wildman–Crippen MR) is 133 cm³/mol. The third-order valence-electron chi connectivity index (χ3n) is 6.87. The van der Waals surface area contributed by atoms with Crippen molar-refractivity contribution in [2.75, 3.05) is 5.32 Å². The minimum absolute atomic E-state index is 0.124. The van der Waals surface area contributed by atoms with E-state index in [0.29, 0.717) is 16.5 Å². The lowest BCUT2D eigenvalue weighted by molar-refractivity contribution is 0.361. The van der Waals surface area contributed by atoms with E-state index >= 15 is 0 Å². The first-order chi connectivity index (χ1) is 15.5. The molecule has 1 atom stereocenters. The van der Waals surface area contributed by atoms with E-state index < -0.39 is 14.5 Å². The van der Waals surface area contributed by atoms with Crippen LogP contribution in [0, 0.1) is 22.0 Å². The van der Waals surface area contributed by atoms with Gasteiger partial charge in [-0.25, -0.2) is 8.99 Å². The van der Waals surface area contributed by atoms with Crippen molar-refractivity contribution in [2.24, 2.45) is 13.0 Å². The molecule has 2 heterocycles. The van der Waals surface area contributed by atoms with Gasteiger partial charge in [-0.3, -0.25) is 4.79 Å². The minimum Gasteiger partial charge on any atom is -0.382 e. The second-order valence-electron chi connectivity index (χ2n) is 9.71. The van der Waals surface area contributed by atoms with E-state index in [1.54, 1.807) is 31.6 Å². The van der Waals surface area contributed by atoms with Crippen molar-refractivity contribution in [2.45, 2.75) is 62.1 Å². The summed E-state index contributed by atoms with van der Waals surface area (Å²) < 4.78 is 22.3. The van der Waals surface area contributed by atoms with E-state index in [1.165, 1.54) is 31.3 Å². The molecule has 0 amide bonds. The summed E-state index contributed by atoms with van der Waals surface area (Å²) in [6, 6.07) is 9.55. The number of nitrogens with zero attached hydrogens (tertiary/aromatic N) is 2. The Labute approximate surface area is 194 Å². The third-order valence-corrected chi connectivity index (χ3v) is 9.32. The Hall–Kier alpha value is -3.05. The fourth-order valence-electron chi connectivity index (χ4n) is 4.52. The number of aryl methyl sites for hydroxylation is 1. The van der Waals surface area contributed by atoms with Crippen LogP contribution in [0.25, 0.3) is 22.0 Å². The van der Waals surface area contributed by atoms with Gasteiger partial charge in [0.05, 0.1) is 15.8 Å². The van der Waals surface area contributed by atoms with Crippen LogP contribution in [0.3, 0.4) is 0 Å². The number of aromatic amines is 1. The number of H-pyrrole nitrogens is 1. The van der Waals surface area contributed by atoms with Crippen LogP contribution in [0.2, 0.25) is 0 Å². The van der Waals surface area contributed by atoms with Gasteiger partial charge < -0.3 is 14.9 Å². The van der Waals surface area contributed by atoms with E-state index in [-0.39, 0.29) is 5.56 Å². The maximum atomic E-state index is 13.5.